The molecule has 0 N–H and O–H groups in total. The minimum atomic E-state index is 0.510. The molecule has 4 bridgehead atoms. The third-order valence-electron chi connectivity index (χ3n) is 4.17. The van der Waals surface area contributed by atoms with Crippen LogP contribution in [0.3, 0.4) is 0 Å². The van der Waals surface area contributed by atoms with Crippen molar-refractivity contribution in [2.45, 2.75) is 30.5 Å². The first kappa shape index (κ1) is 6.94. The van der Waals surface area contributed by atoms with Gasteiger partial charge in [0.25, 0.3) is 0 Å². The fourth-order valence-electron chi connectivity index (χ4n) is 3.56. The maximum atomic E-state index is 3.95. The largest absolute Gasteiger partial charge is 0.0844 e. The molecule has 0 nitrogen and oxygen atoms in total. The van der Waals surface area contributed by atoms with E-state index >= 15 is 0 Å². The summed E-state index contributed by atoms with van der Waals surface area (Å²) in [6.07, 6.45) is 8.02. The van der Waals surface area contributed by atoms with Gasteiger partial charge in [0, 0.05) is 4.32 Å². The second kappa shape index (κ2) is 1.86. The first-order valence-corrected chi connectivity index (χ1v) is 5.49. The third-order valence-corrected chi connectivity index (χ3v) is 6.04. The van der Waals surface area contributed by atoms with Crippen molar-refractivity contribution in [3.8, 4) is 0 Å². The minimum Gasteiger partial charge on any atom is -0.0844 e. The fourth-order valence-corrected chi connectivity index (χ4v) is 4.72. The second-order valence-corrected chi connectivity index (χ2v) is 5.77. The molecule has 0 aromatic rings. The Bertz CT molecular complexity index is 193. The van der Waals surface area contributed by atoms with Crippen LogP contribution in [0.4, 0.5) is 0 Å². The van der Waals surface area contributed by atoms with Gasteiger partial charge in [0.2, 0.25) is 0 Å². The van der Waals surface area contributed by atoms with Gasteiger partial charge in [-0.25, -0.2) is 0 Å². The Labute approximate surface area is 76.9 Å². The highest BCUT2D eigenvalue weighted by atomic mass is 79.9. The summed E-state index contributed by atoms with van der Waals surface area (Å²) in [5.74, 6) is 3.47. The van der Waals surface area contributed by atoms with Crippen LogP contribution in [0.1, 0.15) is 26.2 Å². The zero-order valence-corrected chi connectivity index (χ0v) is 8.39. The summed E-state index contributed by atoms with van der Waals surface area (Å²) < 4.78 is 0.510. The average molecular weight is 213 g/mol. The average Bonchev–Trinajstić information content (AvgIpc) is 2.37. The Morgan fingerprint density at radius 1 is 1.45 bits per heavy atom. The molecular formula is C10H13Br. The minimum absolute atomic E-state index is 0.510. The third kappa shape index (κ3) is 0.566. The topological polar surface area (TPSA) is 0 Å². The number of rotatable bonds is 0. The van der Waals surface area contributed by atoms with E-state index in [0.717, 1.165) is 23.7 Å². The van der Waals surface area contributed by atoms with Crippen molar-refractivity contribution in [1.29, 1.82) is 0 Å². The summed E-state index contributed by atoms with van der Waals surface area (Å²) in [5, 5.41) is 0. The van der Waals surface area contributed by atoms with Crippen LogP contribution in [-0.2, 0) is 0 Å². The van der Waals surface area contributed by atoms with Crippen LogP contribution >= 0.6 is 15.9 Å². The molecule has 1 heteroatoms. The quantitative estimate of drug-likeness (QED) is 0.543. The molecular weight excluding hydrogens is 200 g/mol. The van der Waals surface area contributed by atoms with E-state index in [0.29, 0.717) is 4.32 Å². The molecule has 5 atom stereocenters. The molecule has 0 aromatic heterocycles. The van der Waals surface area contributed by atoms with Gasteiger partial charge in [-0.3, -0.25) is 0 Å². The molecule has 4 aliphatic rings. The summed E-state index contributed by atoms with van der Waals surface area (Å²) in [5.41, 5.74) is 0. The monoisotopic (exact) mass is 212 g/mol. The van der Waals surface area contributed by atoms with Crippen LogP contribution in [0, 0.1) is 30.1 Å². The number of alkyl halides is 1. The van der Waals surface area contributed by atoms with E-state index in [9.17, 15) is 0 Å². The lowest BCUT2D eigenvalue weighted by atomic mass is 9.58. The Hall–Kier alpha value is 0.480. The van der Waals surface area contributed by atoms with Crippen LogP contribution < -0.4 is 0 Å². The highest BCUT2D eigenvalue weighted by Gasteiger charge is 2.69. The number of hydrogen-bond acceptors (Lipinski definition) is 0. The summed E-state index contributed by atoms with van der Waals surface area (Å²) in [6.45, 7) is 2.38. The maximum absolute atomic E-state index is 3.95. The van der Waals surface area contributed by atoms with Gasteiger partial charge in [-0.05, 0) is 42.9 Å². The molecule has 0 aliphatic heterocycles. The molecule has 0 spiro atoms. The molecule has 0 saturated heterocycles. The molecule has 0 amide bonds. The molecule has 4 fully saturated rings. The lowest BCUT2D eigenvalue weighted by molar-refractivity contribution is 0.0631. The number of halogens is 1. The van der Waals surface area contributed by atoms with Gasteiger partial charge >= 0.3 is 0 Å². The highest BCUT2D eigenvalue weighted by molar-refractivity contribution is 9.10. The molecule has 2 radical (unpaired) electrons. The zero-order chi connectivity index (χ0) is 7.64. The van der Waals surface area contributed by atoms with E-state index in [-0.39, 0.29) is 0 Å². The Kier molecular flexibility index (Phi) is 1.18. The molecule has 60 valence electrons. The van der Waals surface area contributed by atoms with Gasteiger partial charge in [0.05, 0.1) is 0 Å². The van der Waals surface area contributed by atoms with Gasteiger partial charge < -0.3 is 0 Å². The molecule has 0 heterocycles. The molecule has 0 aromatic carbocycles. The lowest BCUT2D eigenvalue weighted by Gasteiger charge is -2.54. The van der Waals surface area contributed by atoms with Crippen LogP contribution in [0.15, 0.2) is 0 Å². The van der Waals surface area contributed by atoms with Crippen molar-refractivity contribution >= 4 is 15.9 Å². The van der Waals surface area contributed by atoms with Crippen molar-refractivity contribution in [3.05, 3.63) is 6.42 Å². The smallest absolute Gasteiger partial charge is 0.0351 e. The Morgan fingerprint density at radius 3 is 2.91 bits per heavy atom. The zero-order valence-electron chi connectivity index (χ0n) is 6.81. The summed E-state index contributed by atoms with van der Waals surface area (Å²) in [4.78, 5) is 0. The van der Waals surface area contributed by atoms with Gasteiger partial charge in [0.15, 0.2) is 0 Å². The van der Waals surface area contributed by atoms with Crippen molar-refractivity contribution in [2.75, 3.05) is 0 Å². The van der Waals surface area contributed by atoms with Gasteiger partial charge in [-0.15, -0.1) is 0 Å². The first-order valence-electron chi connectivity index (χ1n) is 4.69. The predicted octanol–water partition coefficient (Wildman–Crippen LogP) is 2.90. The second-order valence-electron chi connectivity index (χ2n) is 4.40. The van der Waals surface area contributed by atoms with E-state index in [4.69, 9.17) is 0 Å². The van der Waals surface area contributed by atoms with Gasteiger partial charge in [-0.2, -0.15) is 0 Å². The van der Waals surface area contributed by atoms with Crippen molar-refractivity contribution in [1.82, 2.24) is 0 Å². The number of hydrogen-bond donors (Lipinski definition) is 0. The van der Waals surface area contributed by atoms with Crippen LogP contribution in [0.25, 0.3) is 0 Å². The fraction of sp³-hybridized carbons (Fsp3) is 0.900. The molecule has 4 aliphatic carbocycles. The Balaban J connectivity index is 2.01. The van der Waals surface area contributed by atoms with Crippen molar-refractivity contribution < 1.29 is 0 Å². The maximum Gasteiger partial charge on any atom is 0.0351 e. The Morgan fingerprint density at radius 2 is 2.27 bits per heavy atom. The predicted molar refractivity (Wildman–Crippen MR) is 48.4 cm³/mol. The highest BCUT2D eigenvalue weighted by Crippen LogP contribution is 2.72. The van der Waals surface area contributed by atoms with E-state index < -0.39 is 0 Å². The van der Waals surface area contributed by atoms with Crippen LogP contribution in [0.2, 0.25) is 0 Å². The SMILES string of the molecule is CC1C2[C]C3CCCC2C31Br. The van der Waals surface area contributed by atoms with Crippen LogP contribution in [0.5, 0.6) is 0 Å². The molecule has 4 rings (SSSR count). The summed E-state index contributed by atoms with van der Waals surface area (Å²) in [7, 11) is 0. The first-order chi connectivity index (χ1) is 5.24. The molecule has 11 heavy (non-hydrogen) atoms. The summed E-state index contributed by atoms with van der Waals surface area (Å²) in [6, 6.07) is 0. The van der Waals surface area contributed by atoms with E-state index in [1.807, 2.05) is 0 Å². The molecule has 5 unspecified atom stereocenters. The van der Waals surface area contributed by atoms with Crippen molar-refractivity contribution in [3.63, 3.8) is 0 Å². The van der Waals surface area contributed by atoms with E-state index in [1.54, 1.807) is 0 Å². The molecule has 4 saturated carbocycles. The van der Waals surface area contributed by atoms with Crippen molar-refractivity contribution in [2.24, 2.45) is 23.7 Å². The van der Waals surface area contributed by atoms with Gasteiger partial charge in [-0.1, -0.05) is 29.3 Å². The standard InChI is InChI=1S/C10H13Br/c1-6-8-5-7-3-2-4-9(8)10(6,7)11/h6-9H,2-4H2,1H3. The van der Waals surface area contributed by atoms with Crippen LogP contribution in [-0.4, -0.2) is 4.32 Å². The summed E-state index contributed by atoms with van der Waals surface area (Å²) >= 11 is 3.95. The van der Waals surface area contributed by atoms with Gasteiger partial charge in [0.1, 0.15) is 0 Å². The lowest BCUT2D eigenvalue weighted by Crippen LogP contribution is -2.53. The van der Waals surface area contributed by atoms with E-state index in [1.165, 1.54) is 19.3 Å². The van der Waals surface area contributed by atoms with E-state index in [2.05, 4.69) is 29.3 Å². The normalized spacial score (nSPS) is 66.0.